The molecule has 0 bridgehead atoms. The molecule has 0 radical (unpaired) electrons. The molecule has 1 aliphatic rings. The van der Waals surface area contributed by atoms with E-state index in [2.05, 4.69) is 16.1 Å². The number of rotatable bonds is 4. The maximum absolute atomic E-state index is 12.0. The lowest BCUT2D eigenvalue weighted by molar-refractivity contribution is -0.169. The van der Waals surface area contributed by atoms with Crippen molar-refractivity contribution in [2.75, 3.05) is 20.8 Å². The lowest BCUT2D eigenvalue weighted by Crippen LogP contribution is -2.55. The molecule has 0 aliphatic carbocycles. The molecule has 0 amide bonds. The fourth-order valence-electron chi connectivity index (χ4n) is 2.17. The Morgan fingerprint density at radius 1 is 1.24 bits per heavy atom. The van der Waals surface area contributed by atoms with Gasteiger partial charge in [0.1, 0.15) is 6.61 Å². The average molecular weight is 292 g/mol. The van der Waals surface area contributed by atoms with Gasteiger partial charge >= 0.3 is 11.9 Å². The van der Waals surface area contributed by atoms with Crippen LogP contribution in [0.25, 0.3) is 0 Å². The van der Waals surface area contributed by atoms with Gasteiger partial charge in [-0.05, 0) is 18.2 Å². The summed E-state index contributed by atoms with van der Waals surface area (Å²) in [7, 11) is 2.37. The van der Waals surface area contributed by atoms with Crippen LogP contribution < -0.4 is 9.47 Å². The zero-order valence-corrected chi connectivity index (χ0v) is 11.8. The fourth-order valence-corrected chi connectivity index (χ4v) is 2.17. The molecule has 6 nitrogen and oxygen atoms in total. The van der Waals surface area contributed by atoms with Gasteiger partial charge in [0.05, 0.1) is 14.2 Å². The van der Waals surface area contributed by atoms with Crippen molar-refractivity contribution in [2.45, 2.75) is 5.60 Å². The number of carbonyl (C=O) groups is 2. The zero-order chi connectivity index (χ0) is 15.5. The highest BCUT2D eigenvalue weighted by Crippen LogP contribution is 2.39. The van der Waals surface area contributed by atoms with Crippen LogP contribution in [-0.4, -0.2) is 38.4 Å². The third kappa shape index (κ3) is 2.56. The molecule has 112 valence electrons. The molecule has 1 aliphatic heterocycles. The van der Waals surface area contributed by atoms with Gasteiger partial charge < -0.3 is 18.9 Å². The number of fused-ring (bicyclic) bond motifs is 1. The van der Waals surface area contributed by atoms with E-state index in [1.165, 1.54) is 20.3 Å². The van der Waals surface area contributed by atoms with Gasteiger partial charge in [0, 0.05) is 0 Å². The van der Waals surface area contributed by atoms with E-state index in [9.17, 15) is 9.59 Å². The highest BCUT2D eigenvalue weighted by atomic mass is 16.6. The van der Waals surface area contributed by atoms with Crippen LogP contribution in [0.5, 0.6) is 11.5 Å². The first kappa shape index (κ1) is 14.9. The lowest BCUT2D eigenvalue weighted by atomic mass is 9.86. The topological polar surface area (TPSA) is 71.1 Å². The smallest absolute Gasteiger partial charge is 0.324 e. The summed E-state index contributed by atoms with van der Waals surface area (Å²) in [5, 5.41) is 0. The van der Waals surface area contributed by atoms with Crippen LogP contribution in [0.4, 0.5) is 0 Å². The van der Waals surface area contributed by atoms with E-state index in [0.717, 1.165) is 0 Å². The maximum Gasteiger partial charge on any atom is 0.324 e. The summed E-state index contributed by atoms with van der Waals surface area (Å²) in [4.78, 5) is 24.0. The summed E-state index contributed by atoms with van der Waals surface area (Å²) in [6.45, 7) is 3.61. The number of hydrogen-bond donors (Lipinski definition) is 0. The molecule has 0 saturated heterocycles. The lowest BCUT2D eigenvalue weighted by Gasteiger charge is -2.38. The number of ether oxygens (including phenoxy) is 4. The number of hydrogen-bond acceptors (Lipinski definition) is 6. The van der Waals surface area contributed by atoms with Crippen molar-refractivity contribution in [3.05, 3.63) is 36.9 Å². The molecule has 2 rings (SSSR count). The minimum Gasteiger partial charge on any atom is -0.485 e. The highest BCUT2D eigenvalue weighted by molar-refractivity contribution is 5.97. The van der Waals surface area contributed by atoms with Gasteiger partial charge in [-0.1, -0.05) is 18.7 Å². The second kappa shape index (κ2) is 5.87. The summed E-state index contributed by atoms with van der Waals surface area (Å²) in [5.41, 5.74) is -1.38. The van der Waals surface area contributed by atoms with E-state index in [-0.39, 0.29) is 6.61 Å². The van der Waals surface area contributed by atoms with Crippen molar-refractivity contribution in [1.82, 2.24) is 0 Å². The van der Waals surface area contributed by atoms with Crippen molar-refractivity contribution < 1.29 is 28.5 Å². The van der Waals surface area contributed by atoms with E-state index < -0.39 is 23.5 Å². The zero-order valence-electron chi connectivity index (χ0n) is 11.8. The third-order valence-corrected chi connectivity index (χ3v) is 3.31. The van der Waals surface area contributed by atoms with Crippen LogP contribution in [0.15, 0.2) is 36.9 Å². The summed E-state index contributed by atoms with van der Waals surface area (Å²) in [6.07, 6.45) is 1.36. The summed E-state index contributed by atoms with van der Waals surface area (Å²) >= 11 is 0. The standard InChI is InChI=1S/C15H16O6/c1-4-15(12(13(16)18-2)14(17)19-3)9-20-10-7-5-6-8-11(10)21-15/h4-8,12H,1,9H2,2-3H3. The normalized spacial score (nSPS) is 19.8. The highest BCUT2D eigenvalue weighted by Gasteiger charge is 2.52. The molecule has 0 saturated carbocycles. The van der Waals surface area contributed by atoms with Crippen molar-refractivity contribution in [3.63, 3.8) is 0 Å². The monoisotopic (exact) mass is 292 g/mol. The average Bonchev–Trinajstić information content (AvgIpc) is 2.54. The van der Waals surface area contributed by atoms with Crippen LogP contribution >= 0.6 is 0 Å². The number of methoxy groups -OCH3 is 2. The first-order valence-corrected chi connectivity index (χ1v) is 6.28. The maximum atomic E-state index is 12.0. The Labute approximate surface area is 122 Å². The fraction of sp³-hybridized carbons (Fsp3) is 0.333. The van der Waals surface area contributed by atoms with Crippen molar-refractivity contribution in [2.24, 2.45) is 5.92 Å². The SMILES string of the molecule is C=CC1(C(C(=O)OC)C(=O)OC)COc2ccccc2O1. The van der Waals surface area contributed by atoms with Crippen molar-refractivity contribution in [3.8, 4) is 11.5 Å². The molecule has 21 heavy (non-hydrogen) atoms. The van der Waals surface area contributed by atoms with Gasteiger partial charge in [-0.25, -0.2) is 0 Å². The van der Waals surface area contributed by atoms with E-state index in [4.69, 9.17) is 9.47 Å². The minimum absolute atomic E-state index is 0.0532. The molecule has 1 aromatic rings. The minimum atomic E-state index is -1.38. The molecule has 1 aromatic carbocycles. The van der Waals surface area contributed by atoms with Crippen LogP contribution in [0.2, 0.25) is 0 Å². The molecule has 1 heterocycles. The number of carbonyl (C=O) groups excluding carboxylic acids is 2. The first-order chi connectivity index (χ1) is 10.1. The predicted molar refractivity (Wildman–Crippen MR) is 73.0 cm³/mol. The molecule has 0 spiro atoms. The Balaban J connectivity index is 2.43. The van der Waals surface area contributed by atoms with Crippen LogP contribution in [0, 0.1) is 5.92 Å². The molecule has 0 N–H and O–H groups in total. The van der Waals surface area contributed by atoms with Gasteiger partial charge in [-0.2, -0.15) is 0 Å². The Hall–Kier alpha value is -2.50. The van der Waals surface area contributed by atoms with Crippen molar-refractivity contribution in [1.29, 1.82) is 0 Å². The van der Waals surface area contributed by atoms with Crippen LogP contribution in [-0.2, 0) is 19.1 Å². The number of benzene rings is 1. The Morgan fingerprint density at radius 3 is 2.33 bits per heavy atom. The Bertz CT molecular complexity index is 551. The second-order valence-corrected chi connectivity index (χ2v) is 4.48. The van der Waals surface area contributed by atoms with Gasteiger partial charge in [0.2, 0.25) is 5.92 Å². The van der Waals surface area contributed by atoms with Crippen LogP contribution in [0.1, 0.15) is 0 Å². The molecule has 0 fully saturated rings. The largest absolute Gasteiger partial charge is 0.485 e. The van der Waals surface area contributed by atoms with E-state index >= 15 is 0 Å². The third-order valence-electron chi connectivity index (χ3n) is 3.31. The number of esters is 2. The van der Waals surface area contributed by atoms with Crippen molar-refractivity contribution >= 4 is 11.9 Å². The summed E-state index contributed by atoms with van der Waals surface area (Å²) < 4.78 is 20.8. The second-order valence-electron chi connectivity index (χ2n) is 4.48. The van der Waals surface area contributed by atoms with E-state index in [1.807, 2.05) is 0 Å². The predicted octanol–water partition coefficient (Wildman–Crippen LogP) is 1.34. The van der Waals surface area contributed by atoms with Gasteiger partial charge in [-0.15, -0.1) is 0 Å². The molecular formula is C15H16O6. The quantitative estimate of drug-likeness (QED) is 0.474. The van der Waals surface area contributed by atoms with Crippen LogP contribution in [0.3, 0.4) is 0 Å². The molecule has 1 atom stereocenters. The van der Waals surface area contributed by atoms with E-state index in [0.29, 0.717) is 11.5 Å². The first-order valence-electron chi connectivity index (χ1n) is 6.28. The molecule has 6 heteroatoms. The molecular weight excluding hydrogens is 276 g/mol. The summed E-state index contributed by atoms with van der Waals surface area (Å²) in [6, 6.07) is 6.96. The molecule has 0 aromatic heterocycles. The Kier molecular flexibility index (Phi) is 4.16. The summed E-state index contributed by atoms with van der Waals surface area (Å²) in [5.74, 6) is -1.92. The van der Waals surface area contributed by atoms with Gasteiger partial charge in [-0.3, -0.25) is 9.59 Å². The molecule has 1 unspecified atom stereocenters. The van der Waals surface area contributed by atoms with Gasteiger partial charge in [0.15, 0.2) is 17.1 Å². The number of para-hydroxylation sites is 2. The Morgan fingerprint density at radius 2 is 1.81 bits per heavy atom. The van der Waals surface area contributed by atoms with Gasteiger partial charge in [0.25, 0.3) is 0 Å². The van der Waals surface area contributed by atoms with E-state index in [1.54, 1.807) is 24.3 Å².